The van der Waals surface area contributed by atoms with E-state index in [1.54, 1.807) is 0 Å². The van der Waals surface area contributed by atoms with Gasteiger partial charge in [-0.25, -0.2) is 4.79 Å². The molecule has 1 aliphatic heterocycles. The van der Waals surface area contributed by atoms with Crippen molar-refractivity contribution in [1.29, 1.82) is 0 Å². The van der Waals surface area contributed by atoms with E-state index in [2.05, 4.69) is 5.32 Å². The van der Waals surface area contributed by atoms with Crippen LogP contribution in [0.25, 0.3) is 0 Å². The Kier molecular flexibility index (Phi) is 5.25. The van der Waals surface area contributed by atoms with Crippen molar-refractivity contribution >= 4 is 6.09 Å². The van der Waals surface area contributed by atoms with Crippen LogP contribution < -0.4 is 5.32 Å². The Balaban J connectivity index is 2.29. The molecule has 4 nitrogen and oxygen atoms in total. The smallest absolute Gasteiger partial charge is 0.410 e. The Morgan fingerprint density at radius 2 is 1.94 bits per heavy atom. The van der Waals surface area contributed by atoms with Crippen LogP contribution in [0.5, 0.6) is 0 Å². The number of nitrogens with one attached hydrogen (secondary N) is 1. The highest BCUT2D eigenvalue weighted by molar-refractivity contribution is 5.68. The zero-order valence-electron chi connectivity index (χ0n) is 11.6. The van der Waals surface area contributed by atoms with Crippen molar-refractivity contribution in [3.8, 4) is 0 Å². The fraction of sp³-hybridized carbons (Fsp3) is 0.923. The van der Waals surface area contributed by atoms with Crippen LogP contribution in [0.2, 0.25) is 0 Å². The first-order valence-electron chi connectivity index (χ1n) is 6.55. The molecule has 0 radical (unpaired) electrons. The number of amides is 1. The van der Waals surface area contributed by atoms with Crippen LogP contribution in [0.15, 0.2) is 0 Å². The summed E-state index contributed by atoms with van der Waals surface area (Å²) in [6.45, 7) is 8.46. The van der Waals surface area contributed by atoms with Crippen LogP contribution in [0.4, 0.5) is 4.79 Å². The molecule has 0 aromatic heterocycles. The standard InChI is InChI=1S/C13H26N2O2/c1-13(2,3)17-12(16)15-9-6-11(7-10-15)5-8-14-4/h11,14H,5-10H2,1-4H3. The van der Waals surface area contributed by atoms with Crippen LogP contribution in [-0.4, -0.2) is 43.3 Å². The van der Waals surface area contributed by atoms with Crippen molar-refractivity contribution in [2.45, 2.75) is 45.6 Å². The monoisotopic (exact) mass is 242 g/mol. The molecule has 1 rings (SSSR count). The fourth-order valence-electron chi connectivity index (χ4n) is 2.08. The Labute approximate surface area is 105 Å². The zero-order chi connectivity index (χ0) is 12.9. The van der Waals surface area contributed by atoms with Gasteiger partial charge in [0.15, 0.2) is 0 Å². The number of rotatable bonds is 3. The Bertz CT molecular complexity index is 240. The molecule has 1 amide bonds. The average Bonchev–Trinajstić information content (AvgIpc) is 2.24. The second-order valence-electron chi connectivity index (χ2n) is 5.80. The molecule has 0 bridgehead atoms. The van der Waals surface area contributed by atoms with Gasteiger partial charge >= 0.3 is 6.09 Å². The third-order valence-corrected chi connectivity index (χ3v) is 3.07. The van der Waals surface area contributed by atoms with E-state index in [0.717, 1.165) is 38.4 Å². The van der Waals surface area contributed by atoms with Crippen molar-refractivity contribution in [1.82, 2.24) is 10.2 Å². The Morgan fingerprint density at radius 1 is 1.35 bits per heavy atom. The lowest BCUT2D eigenvalue weighted by Crippen LogP contribution is -2.42. The molecule has 0 saturated carbocycles. The van der Waals surface area contributed by atoms with E-state index in [1.807, 2.05) is 32.7 Å². The molecular weight excluding hydrogens is 216 g/mol. The molecule has 1 heterocycles. The minimum atomic E-state index is -0.389. The molecule has 0 aromatic rings. The second-order valence-corrected chi connectivity index (χ2v) is 5.80. The molecule has 4 heteroatoms. The maximum atomic E-state index is 11.8. The molecule has 1 saturated heterocycles. The summed E-state index contributed by atoms with van der Waals surface area (Å²) in [7, 11) is 1.98. The summed E-state index contributed by atoms with van der Waals surface area (Å²) < 4.78 is 5.37. The van der Waals surface area contributed by atoms with E-state index in [1.165, 1.54) is 6.42 Å². The van der Waals surface area contributed by atoms with Crippen LogP contribution in [-0.2, 0) is 4.74 Å². The molecule has 0 aromatic carbocycles. The summed E-state index contributed by atoms with van der Waals surface area (Å²) in [6, 6.07) is 0. The van der Waals surface area contributed by atoms with Gasteiger partial charge in [0.1, 0.15) is 5.60 Å². The molecule has 0 spiro atoms. The normalized spacial score (nSPS) is 18.2. The van der Waals surface area contributed by atoms with Gasteiger partial charge in [-0.05, 0) is 59.5 Å². The average molecular weight is 242 g/mol. The van der Waals surface area contributed by atoms with Crippen LogP contribution in [0, 0.1) is 5.92 Å². The molecule has 100 valence electrons. The number of carbonyl (C=O) groups excluding carboxylic acids is 1. The minimum absolute atomic E-state index is 0.162. The summed E-state index contributed by atoms with van der Waals surface area (Å²) in [6.07, 6.45) is 3.24. The minimum Gasteiger partial charge on any atom is -0.444 e. The van der Waals surface area contributed by atoms with Crippen LogP contribution in [0.1, 0.15) is 40.0 Å². The lowest BCUT2D eigenvalue weighted by molar-refractivity contribution is 0.0181. The van der Waals surface area contributed by atoms with Gasteiger partial charge in [0, 0.05) is 13.1 Å². The predicted molar refractivity (Wildman–Crippen MR) is 69.1 cm³/mol. The number of hydrogen-bond donors (Lipinski definition) is 1. The molecule has 0 atom stereocenters. The number of nitrogens with zero attached hydrogens (tertiary/aromatic N) is 1. The summed E-state index contributed by atoms with van der Waals surface area (Å²) in [4.78, 5) is 13.7. The van der Waals surface area contributed by atoms with Crippen molar-refractivity contribution in [3.05, 3.63) is 0 Å². The van der Waals surface area contributed by atoms with Gasteiger partial charge in [-0.3, -0.25) is 0 Å². The second kappa shape index (κ2) is 6.24. The van der Waals surface area contributed by atoms with E-state index >= 15 is 0 Å². The molecule has 1 fully saturated rings. The highest BCUT2D eigenvalue weighted by Gasteiger charge is 2.26. The van der Waals surface area contributed by atoms with E-state index < -0.39 is 0 Å². The topological polar surface area (TPSA) is 41.6 Å². The number of likely N-dealkylation sites (tertiary alicyclic amines) is 1. The lowest BCUT2D eigenvalue weighted by Gasteiger charge is -2.33. The maximum absolute atomic E-state index is 11.8. The van der Waals surface area contributed by atoms with E-state index in [0.29, 0.717) is 0 Å². The van der Waals surface area contributed by atoms with Crippen molar-refractivity contribution in [3.63, 3.8) is 0 Å². The summed E-state index contributed by atoms with van der Waals surface area (Å²) in [5.41, 5.74) is -0.389. The van der Waals surface area contributed by atoms with Crippen LogP contribution >= 0.6 is 0 Å². The molecule has 1 N–H and O–H groups in total. The third kappa shape index (κ3) is 5.39. The van der Waals surface area contributed by atoms with Gasteiger partial charge in [0.2, 0.25) is 0 Å². The molecule has 0 unspecified atom stereocenters. The van der Waals surface area contributed by atoms with E-state index in [-0.39, 0.29) is 11.7 Å². The SMILES string of the molecule is CNCCC1CCN(C(=O)OC(C)(C)C)CC1. The van der Waals surface area contributed by atoms with Gasteiger partial charge in [0.25, 0.3) is 0 Å². The van der Waals surface area contributed by atoms with Gasteiger partial charge in [0.05, 0.1) is 0 Å². The first-order valence-corrected chi connectivity index (χ1v) is 6.55. The summed E-state index contributed by atoms with van der Waals surface area (Å²) >= 11 is 0. The van der Waals surface area contributed by atoms with Gasteiger partial charge in [-0.2, -0.15) is 0 Å². The van der Waals surface area contributed by atoms with E-state index in [9.17, 15) is 4.79 Å². The van der Waals surface area contributed by atoms with Gasteiger partial charge < -0.3 is 15.0 Å². The number of carbonyl (C=O) groups is 1. The first kappa shape index (κ1) is 14.3. The maximum Gasteiger partial charge on any atom is 0.410 e. The first-order chi connectivity index (χ1) is 7.92. The number of hydrogen-bond acceptors (Lipinski definition) is 3. The molecule has 1 aliphatic rings. The van der Waals surface area contributed by atoms with E-state index in [4.69, 9.17) is 4.74 Å². The molecule has 0 aliphatic carbocycles. The number of ether oxygens (including phenoxy) is 1. The largest absolute Gasteiger partial charge is 0.444 e. The molecular formula is C13H26N2O2. The highest BCUT2D eigenvalue weighted by Crippen LogP contribution is 2.21. The summed E-state index contributed by atoms with van der Waals surface area (Å²) in [5.74, 6) is 0.751. The third-order valence-electron chi connectivity index (χ3n) is 3.07. The highest BCUT2D eigenvalue weighted by atomic mass is 16.6. The Hall–Kier alpha value is -0.770. The van der Waals surface area contributed by atoms with Crippen molar-refractivity contribution < 1.29 is 9.53 Å². The van der Waals surface area contributed by atoms with Crippen LogP contribution in [0.3, 0.4) is 0 Å². The lowest BCUT2D eigenvalue weighted by atomic mass is 9.94. The quantitative estimate of drug-likeness (QED) is 0.825. The number of piperidine rings is 1. The van der Waals surface area contributed by atoms with Gasteiger partial charge in [-0.1, -0.05) is 0 Å². The molecule has 17 heavy (non-hydrogen) atoms. The fourth-order valence-corrected chi connectivity index (χ4v) is 2.08. The van der Waals surface area contributed by atoms with Crippen molar-refractivity contribution in [2.75, 3.05) is 26.7 Å². The predicted octanol–water partition coefficient (Wildman–Crippen LogP) is 2.24. The van der Waals surface area contributed by atoms with Gasteiger partial charge in [-0.15, -0.1) is 0 Å². The summed E-state index contributed by atoms with van der Waals surface area (Å²) in [5, 5.41) is 3.17. The Morgan fingerprint density at radius 3 is 2.41 bits per heavy atom. The van der Waals surface area contributed by atoms with Crippen molar-refractivity contribution in [2.24, 2.45) is 5.92 Å². The zero-order valence-corrected chi connectivity index (χ0v) is 11.6.